The van der Waals surface area contributed by atoms with Crippen LogP contribution in [0.15, 0.2) is 42.5 Å². The quantitative estimate of drug-likeness (QED) is 0.332. The zero-order valence-electron chi connectivity index (χ0n) is 21.2. The van der Waals surface area contributed by atoms with Crippen LogP contribution in [-0.4, -0.2) is 78.2 Å². The number of nitrogens with zero attached hydrogens (tertiary/aromatic N) is 3. The Hall–Kier alpha value is -3.88. The molecular weight excluding hydrogens is 516 g/mol. The largest absolute Gasteiger partial charge is 0.497 e. The van der Waals surface area contributed by atoms with E-state index in [-0.39, 0.29) is 23.3 Å². The van der Waals surface area contributed by atoms with Crippen LogP contribution in [0.1, 0.15) is 11.7 Å². The summed E-state index contributed by atoms with van der Waals surface area (Å²) >= 11 is 1.22. The van der Waals surface area contributed by atoms with Crippen LogP contribution in [0.5, 0.6) is 11.5 Å². The molecule has 2 aromatic carbocycles. The second-order valence-electron chi connectivity index (χ2n) is 8.72. The van der Waals surface area contributed by atoms with Gasteiger partial charge in [-0.3, -0.25) is 35.2 Å². The number of methoxy groups -OCH3 is 2. The molecule has 0 radical (unpaired) electrons. The summed E-state index contributed by atoms with van der Waals surface area (Å²) in [7, 11) is 6.03. The molecule has 4 amide bonds. The lowest BCUT2D eigenvalue weighted by Gasteiger charge is -2.50. The Bertz CT molecular complexity index is 1240. The maximum absolute atomic E-state index is 13.2. The van der Waals surface area contributed by atoms with E-state index in [4.69, 9.17) is 9.47 Å². The number of benzene rings is 2. The summed E-state index contributed by atoms with van der Waals surface area (Å²) in [5.41, 5.74) is 1.06. The highest BCUT2D eigenvalue weighted by Crippen LogP contribution is 2.35. The average molecular weight is 545 g/mol. The van der Waals surface area contributed by atoms with Gasteiger partial charge in [-0.15, -0.1) is 11.8 Å². The number of nitro benzene ring substituents is 1. The molecular formula is C24H28N6O7S. The van der Waals surface area contributed by atoms with Crippen molar-refractivity contribution in [2.24, 2.45) is 5.92 Å². The molecule has 0 saturated carbocycles. The molecule has 13 nitrogen and oxygen atoms in total. The molecule has 3 N–H and O–H groups in total. The second-order valence-corrected chi connectivity index (χ2v) is 9.85. The minimum absolute atomic E-state index is 0.0110. The van der Waals surface area contributed by atoms with Crippen molar-refractivity contribution in [3.05, 3.63) is 58.1 Å². The Morgan fingerprint density at radius 1 is 1.11 bits per heavy atom. The summed E-state index contributed by atoms with van der Waals surface area (Å²) < 4.78 is 10.5. The molecule has 2 aliphatic rings. The molecule has 2 saturated heterocycles. The number of amides is 4. The number of hydrogen-bond acceptors (Lipinski definition) is 10. The van der Waals surface area contributed by atoms with E-state index in [1.165, 1.54) is 50.1 Å². The first-order valence-electron chi connectivity index (χ1n) is 11.6. The van der Waals surface area contributed by atoms with E-state index in [2.05, 4.69) is 16.0 Å². The predicted molar refractivity (Wildman–Crippen MR) is 140 cm³/mol. The molecule has 38 heavy (non-hydrogen) atoms. The number of carbonyl (C=O) groups excluding carboxylic acids is 3. The van der Waals surface area contributed by atoms with Crippen LogP contribution >= 0.6 is 11.8 Å². The van der Waals surface area contributed by atoms with Crippen molar-refractivity contribution >= 4 is 41.0 Å². The first kappa shape index (κ1) is 27.2. The third-order valence-electron chi connectivity index (χ3n) is 6.47. The van der Waals surface area contributed by atoms with Crippen LogP contribution in [-0.2, 0) is 9.59 Å². The smallest absolute Gasteiger partial charge is 0.327 e. The number of rotatable bonds is 8. The van der Waals surface area contributed by atoms with Crippen molar-refractivity contribution in [2.75, 3.05) is 39.4 Å². The van der Waals surface area contributed by atoms with Crippen LogP contribution in [0.3, 0.4) is 0 Å². The summed E-state index contributed by atoms with van der Waals surface area (Å²) in [6.07, 6.45) is -1.20. The molecule has 2 aliphatic heterocycles. The molecule has 4 rings (SSSR count). The van der Waals surface area contributed by atoms with E-state index in [0.717, 1.165) is 4.90 Å². The van der Waals surface area contributed by atoms with Crippen molar-refractivity contribution in [1.29, 1.82) is 0 Å². The van der Waals surface area contributed by atoms with Gasteiger partial charge in [-0.25, -0.2) is 4.79 Å². The van der Waals surface area contributed by atoms with Gasteiger partial charge < -0.3 is 19.7 Å². The lowest BCUT2D eigenvalue weighted by atomic mass is 9.96. The molecule has 4 atom stereocenters. The van der Waals surface area contributed by atoms with E-state index >= 15 is 0 Å². The first-order chi connectivity index (χ1) is 18.1. The second kappa shape index (κ2) is 11.2. The number of fused-ring (bicyclic) bond motifs is 1. The lowest BCUT2D eigenvalue weighted by molar-refractivity contribution is -0.384. The number of carbonyl (C=O) groups is 3. The van der Waals surface area contributed by atoms with Crippen LogP contribution in [0, 0.1) is 16.0 Å². The Balaban J connectivity index is 1.55. The van der Waals surface area contributed by atoms with Gasteiger partial charge in [0.1, 0.15) is 11.5 Å². The number of non-ortho nitro benzene ring substituents is 1. The third-order valence-corrected chi connectivity index (χ3v) is 7.69. The minimum Gasteiger partial charge on any atom is -0.497 e. The van der Waals surface area contributed by atoms with Gasteiger partial charge in [-0.2, -0.15) is 0 Å². The fourth-order valence-corrected chi connectivity index (χ4v) is 5.55. The number of imide groups is 1. The molecule has 2 heterocycles. The normalized spacial score (nSPS) is 23.1. The molecule has 2 fully saturated rings. The van der Waals surface area contributed by atoms with Crippen LogP contribution in [0.25, 0.3) is 0 Å². The van der Waals surface area contributed by atoms with Crippen LogP contribution in [0.4, 0.5) is 16.2 Å². The van der Waals surface area contributed by atoms with Gasteiger partial charge in [-0.1, -0.05) is 0 Å². The third kappa shape index (κ3) is 5.37. The van der Waals surface area contributed by atoms with Crippen molar-refractivity contribution in [3.8, 4) is 11.5 Å². The number of urea groups is 1. The minimum atomic E-state index is -0.693. The maximum atomic E-state index is 13.2. The highest BCUT2D eigenvalue weighted by molar-refractivity contribution is 8.00. The summed E-state index contributed by atoms with van der Waals surface area (Å²) in [6.45, 7) is 0. The topological polar surface area (TPSA) is 155 Å². The van der Waals surface area contributed by atoms with Crippen LogP contribution < -0.4 is 25.4 Å². The highest BCUT2D eigenvalue weighted by atomic mass is 32.2. The number of hydrogen-bond donors (Lipinski definition) is 3. The molecule has 2 aromatic rings. The van der Waals surface area contributed by atoms with E-state index in [1.54, 1.807) is 37.4 Å². The SMILES string of the molecule is COc1ccc(OC)c(NC(=O)CSC2NC(c3ccc([N+](=O)[O-])cc3)NC3C2C(=O)N(C)C(=O)N3C)c1. The van der Waals surface area contributed by atoms with Crippen molar-refractivity contribution in [1.82, 2.24) is 20.4 Å². The van der Waals surface area contributed by atoms with Gasteiger partial charge >= 0.3 is 6.03 Å². The van der Waals surface area contributed by atoms with Gasteiger partial charge in [0.2, 0.25) is 11.8 Å². The Labute approximate surface area is 223 Å². The van der Waals surface area contributed by atoms with Gasteiger partial charge in [-0.05, 0) is 29.8 Å². The zero-order valence-corrected chi connectivity index (χ0v) is 22.0. The zero-order chi connectivity index (χ0) is 27.6. The lowest BCUT2D eigenvalue weighted by Crippen LogP contribution is -2.72. The standard InChI is InChI=1S/C24H28N6O7S/c1-28-21-19(23(32)29(2)24(28)33)22(27-20(26-21)13-5-7-14(8-6-13)30(34)35)38-12-18(31)25-16-11-15(36-3)9-10-17(16)37-4/h5-11,19-22,26-27H,12H2,1-4H3,(H,25,31). The fourth-order valence-electron chi connectivity index (χ4n) is 4.44. The van der Waals surface area contributed by atoms with E-state index < -0.39 is 34.6 Å². The Morgan fingerprint density at radius 2 is 1.82 bits per heavy atom. The summed E-state index contributed by atoms with van der Waals surface area (Å²) in [5.74, 6) is -0.402. The molecule has 0 bridgehead atoms. The van der Waals surface area contributed by atoms with E-state index in [1.807, 2.05) is 0 Å². The average Bonchev–Trinajstić information content (AvgIpc) is 2.93. The van der Waals surface area contributed by atoms with E-state index in [9.17, 15) is 24.5 Å². The number of thioether (sulfide) groups is 1. The molecule has 0 aromatic heterocycles. The molecule has 4 unspecified atom stereocenters. The number of ether oxygens (including phenoxy) is 2. The van der Waals surface area contributed by atoms with Crippen molar-refractivity contribution < 1.29 is 28.8 Å². The summed E-state index contributed by atoms with van der Waals surface area (Å²) in [6, 6.07) is 10.6. The van der Waals surface area contributed by atoms with Gasteiger partial charge in [0.25, 0.3) is 5.69 Å². The summed E-state index contributed by atoms with van der Waals surface area (Å²) in [4.78, 5) is 51.8. The first-order valence-corrected chi connectivity index (χ1v) is 12.6. The van der Waals surface area contributed by atoms with Gasteiger partial charge in [0.05, 0.1) is 54.2 Å². The highest BCUT2D eigenvalue weighted by Gasteiger charge is 2.51. The Morgan fingerprint density at radius 3 is 2.45 bits per heavy atom. The van der Waals surface area contributed by atoms with Crippen molar-refractivity contribution in [3.63, 3.8) is 0 Å². The monoisotopic (exact) mass is 544 g/mol. The predicted octanol–water partition coefficient (Wildman–Crippen LogP) is 1.97. The van der Waals surface area contributed by atoms with Gasteiger partial charge in [0.15, 0.2) is 0 Å². The molecule has 0 aliphatic carbocycles. The molecule has 0 spiro atoms. The Kier molecular flexibility index (Phi) is 8.04. The number of nitrogens with one attached hydrogen (secondary N) is 3. The van der Waals surface area contributed by atoms with Crippen molar-refractivity contribution in [2.45, 2.75) is 17.7 Å². The van der Waals surface area contributed by atoms with E-state index in [0.29, 0.717) is 22.7 Å². The fraction of sp³-hybridized carbons (Fsp3) is 0.375. The van der Waals surface area contributed by atoms with Gasteiger partial charge in [0, 0.05) is 32.3 Å². The van der Waals surface area contributed by atoms with Crippen LogP contribution in [0.2, 0.25) is 0 Å². The molecule has 202 valence electrons. The number of anilines is 1. The molecule has 14 heteroatoms. The maximum Gasteiger partial charge on any atom is 0.327 e. The summed E-state index contributed by atoms with van der Waals surface area (Å²) in [5, 5.41) is 19.9. The number of nitro groups is 1.